The quantitative estimate of drug-likeness (QED) is 0.347. The second-order valence-electron chi connectivity index (χ2n) is 3.79. The zero-order valence-corrected chi connectivity index (χ0v) is 7.42. The third-order valence-electron chi connectivity index (χ3n) is 1.31. The lowest BCUT2D eigenvalue weighted by molar-refractivity contribution is 0.361. The van der Waals surface area contributed by atoms with Crippen molar-refractivity contribution in [1.82, 2.24) is 0 Å². The summed E-state index contributed by atoms with van der Waals surface area (Å²) in [6, 6.07) is -0.0764. The van der Waals surface area contributed by atoms with Gasteiger partial charge < -0.3 is 0 Å². The first kappa shape index (κ1) is 10.1. The maximum atomic E-state index is 9.92. The molecule has 2 heteroatoms. The molecule has 0 bridgehead atoms. The molecule has 1 unspecified atom stereocenters. The molecule has 11 heavy (non-hydrogen) atoms. The van der Waals surface area contributed by atoms with E-state index in [-0.39, 0.29) is 11.5 Å². The molecule has 0 aromatic carbocycles. The van der Waals surface area contributed by atoms with Crippen LogP contribution in [0.25, 0.3) is 0 Å². The van der Waals surface area contributed by atoms with Gasteiger partial charge in [0.15, 0.2) is 0 Å². The summed E-state index contributed by atoms with van der Waals surface area (Å²) in [5, 5.41) is 0. The largest absolute Gasteiger partial charge is 0.235 e. The Morgan fingerprint density at radius 2 is 2.18 bits per heavy atom. The summed E-state index contributed by atoms with van der Waals surface area (Å²) in [6.07, 6.45) is 4.06. The minimum Gasteiger partial charge on any atom is -0.211 e. The molecule has 0 aromatic heterocycles. The standard InChI is InChI=1S/C9H15NO/c1-5-8(10-7-11)6-9(2,3)4/h5,8H,1,6H2,2-4H3. The van der Waals surface area contributed by atoms with Crippen LogP contribution in [0.2, 0.25) is 0 Å². The zero-order valence-electron chi connectivity index (χ0n) is 7.42. The number of aliphatic imine (C=N–C) groups is 1. The normalized spacial score (nSPS) is 13.4. The highest BCUT2D eigenvalue weighted by molar-refractivity contribution is 5.34. The van der Waals surface area contributed by atoms with Crippen LogP contribution in [0.3, 0.4) is 0 Å². The summed E-state index contributed by atoms with van der Waals surface area (Å²) in [7, 11) is 0. The molecule has 0 rings (SSSR count). The molecule has 0 aromatic rings. The van der Waals surface area contributed by atoms with Gasteiger partial charge >= 0.3 is 0 Å². The second-order valence-corrected chi connectivity index (χ2v) is 3.79. The molecule has 0 aliphatic rings. The van der Waals surface area contributed by atoms with Crippen LogP contribution in [-0.4, -0.2) is 12.1 Å². The van der Waals surface area contributed by atoms with Gasteiger partial charge in [0, 0.05) is 0 Å². The SMILES string of the molecule is C=CC(CC(C)(C)C)N=C=O. The van der Waals surface area contributed by atoms with E-state index in [4.69, 9.17) is 0 Å². The van der Waals surface area contributed by atoms with Gasteiger partial charge in [-0.2, -0.15) is 4.99 Å². The Morgan fingerprint density at radius 3 is 2.45 bits per heavy atom. The minimum absolute atomic E-state index is 0.0764. The summed E-state index contributed by atoms with van der Waals surface area (Å²) < 4.78 is 0. The Balaban J connectivity index is 4.08. The number of carbonyl (C=O) groups excluding carboxylic acids is 1. The third-order valence-corrected chi connectivity index (χ3v) is 1.31. The number of isocyanates is 1. The molecule has 62 valence electrons. The fraction of sp³-hybridized carbons (Fsp3) is 0.667. The van der Waals surface area contributed by atoms with Crippen molar-refractivity contribution in [2.75, 3.05) is 0 Å². The summed E-state index contributed by atoms with van der Waals surface area (Å²) >= 11 is 0. The Bertz CT molecular complexity index is 172. The van der Waals surface area contributed by atoms with Crippen LogP contribution < -0.4 is 0 Å². The van der Waals surface area contributed by atoms with Crippen LogP contribution in [0.4, 0.5) is 0 Å². The lowest BCUT2D eigenvalue weighted by Crippen LogP contribution is -2.13. The first-order valence-corrected chi connectivity index (χ1v) is 3.69. The second kappa shape index (κ2) is 4.09. The number of hydrogen-bond donors (Lipinski definition) is 0. The summed E-state index contributed by atoms with van der Waals surface area (Å²) in [4.78, 5) is 13.5. The van der Waals surface area contributed by atoms with Crippen molar-refractivity contribution in [3.05, 3.63) is 12.7 Å². The fourth-order valence-corrected chi connectivity index (χ4v) is 0.877. The van der Waals surface area contributed by atoms with Gasteiger partial charge in [0.05, 0.1) is 6.04 Å². The van der Waals surface area contributed by atoms with Crippen molar-refractivity contribution in [2.45, 2.75) is 33.2 Å². The molecule has 0 aliphatic heterocycles. The summed E-state index contributed by atoms with van der Waals surface area (Å²) in [5.74, 6) is 0. The maximum Gasteiger partial charge on any atom is 0.235 e. The molecule has 0 saturated heterocycles. The van der Waals surface area contributed by atoms with Crippen molar-refractivity contribution in [3.63, 3.8) is 0 Å². The van der Waals surface area contributed by atoms with Gasteiger partial charge in [-0.3, -0.25) is 0 Å². The highest BCUT2D eigenvalue weighted by Gasteiger charge is 2.15. The van der Waals surface area contributed by atoms with Gasteiger partial charge in [-0.1, -0.05) is 26.8 Å². The van der Waals surface area contributed by atoms with E-state index in [1.54, 1.807) is 12.2 Å². The molecule has 0 saturated carbocycles. The van der Waals surface area contributed by atoms with Crippen LogP contribution in [0.15, 0.2) is 17.6 Å². The topological polar surface area (TPSA) is 29.4 Å². The van der Waals surface area contributed by atoms with E-state index in [2.05, 4.69) is 32.3 Å². The van der Waals surface area contributed by atoms with Gasteiger partial charge in [0.1, 0.15) is 0 Å². The highest BCUT2D eigenvalue weighted by Crippen LogP contribution is 2.22. The maximum absolute atomic E-state index is 9.92. The van der Waals surface area contributed by atoms with Crippen molar-refractivity contribution in [3.8, 4) is 0 Å². The summed E-state index contributed by atoms with van der Waals surface area (Å²) in [5.41, 5.74) is 0.180. The Kier molecular flexibility index (Phi) is 3.77. The van der Waals surface area contributed by atoms with Gasteiger partial charge in [-0.25, -0.2) is 4.79 Å². The summed E-state index contributed by atoms with van der Waals surface area (Å²) in [6.45, 7) is 9.89. The van der Waals surface area contributed by atoms with Crippen LogP contribution in [0.5, 0.6) is 0 Å². The molecular weight excluding hydrogens is 138 g/mol. The molecule has 0 aliphatic carbocycles. The van der Waals surface area contributed by atoms with Crippen molar-refractivity contribution in [1.29, 1.82) is 0 Å². The van der Waals surface area contributed by atoms with Crippen molar-refractivity contribution < 1.29 is 4.79 Å². The van der Waals surface area contributed by atoms with E-state index in [9.17, 15) is 4.79 Å². The predicted octanol–water partition coefficient (Wildman–Crippen LogP) is 2.31. The lowest BCUT2D eigenvalue weighted by atomic mass is 9.88. The Labute approximate surface area is 68.0 Å². The number of nitrogens with zero attached hydrogens (tertiary/aromatic N) is 1. The molecule has 0 heterocycles. The molecule has 0 N–H and O–H groups in total. The van der Waals surface area contributed by atoms with E-state index in [1.165, 1.54) is 0 Å². The van der Waals surface area contributed by atoms with Crippen LogP contribution in [-0.2, 0) is 4.79 Å². The molecule has 1 atom stereocenters. The molecule has 0 spiro atoms. The highest BCUT2D eigenvalue weighted by atomic mass is 16.1. The average Bonchev–Trinajstić information content (AvgIpc) is 1.84. The van der Waals surface area contributed by atoms with Gasteiger partial charge in [-0.05, 0) is 11.8 Å². The Hall–Kier alpha value is -0.880. The minimum atomic E-state index is -0.0764. The first-order valence-electron chi connectivity index (χ1n) is 3.69. The van der Waals surface area contributed by atoms with E-state index in [1.807, 2.05) is 0 Å². The first-order chi connectivity index (χ1) is 4.99. The predicted molar refractivity (Wildman–Crippen MR) is 46.2 cm³/mol. The van der Waals surface area contributed by atoms with Crippen molar-refractivity contribution >= 4 is 6.08 Å². The van der Waals surface area contributed by atoms with E-state index < -0.39 is 0 Å². The number of rotatable bonds is 3. The van der Waals surface area contributed by atoms with Crippen LogP contribution in [0, 0.1) is 5.41 Å². The van der Waals surface area contributed by atoms with E-state index in [0.717, 1.165) is 6.42 Å². The third kappa shape index (κ3) is 5.56. The van der Waals surface area contributed by atoms with Gasteiger partial charge in [0.25, 0.3) is 0 Å². The average molecular weight is 153 g/mol. The fourth-order valence-electron chi connectivity index (χ4n) is 0.877. The molecule has 0 amide bonds. The molecule has 0 fully saturated rings. The van der Waals surface area contributed by atoms with E-state index >= 15 is 0 Å². The molecule has 2 nitrogen and oxygen atoms in total. The zero-order chi connectivity index (χ0) is 8.91. The van der Waals surface area contributed by atoms with Crippen molar-refractivity contribution in [2.24, 2.45) is 10.4 Å². The molecule has 0 radical (unpaired) electrons. The van der Waals surface area contributed by atoms with Crippen LogP contribution in [0.1, 0.15) is 27.2 Å². The van der Waals surface area contributed by atoms with E-state index in [0.29, 0.717) is 0 Å². The van der Waals surface area contributed by atoms with Crippen LogP contribution >= 0.6 is 0 Å². The smallest absolute Gasteiger partial charge is 0.211 e. The lowest BCUT2D eigenvalue weighted by Gasteiger charge is -2.19. The number of hydrogen-bond acceptors (Lipinski definition) is 2. The Morgan fingerprint density at radius 1 is 1.64 bits per heavy atom. The molecular formula is C9H15NO. The van der Waals surface area contributed by atoms with Gasteiger partial charge in [0.2, 0.25) is 6.08 Å². The monoisotopic (exact) mass is 153 g/mol. The van der Waals surface area contributed by atoms with Gasteiger partial charge in [-0.15, -0.1) is 6.58 Å².